The van der Waals surface area contributed by atoms with E-state index in [0.717, 1.165) is 10.4 Å². The molecule has 0 bridgehead atoms. The number of ether oxygens (including phenoxy) is 1. The Kier molecular flexibility index (Phi) is 5.08. The monoisotopic (exact) mass is 362 g/mol. The van der Waals surface area contributed by atoms with Gasteiger partial charge < -0.3 is 14.6 Å². The van der Waals surface area contributed by atoms with Gasteiger partial charge in [0.25, 0.3) is 5.56 Å². The summed E-state index contributed by atoms with van der Waals surface area (Å²) in [4.78, 5) is 29.3. The number of nitrogens with zero attached hydrogens (tertiary/aromatic N) is 3. The lowest BCUT2D eigenvalue weighted by Gasteiger charge is -2.15. The van der Waals surface area contributed by atoms with Crippen molar-refractivity contribution < 1.29 is 4.74 Å². The predicted octanol–water partition coefficient (Wildman–Crippen LogP) is 1.65. The molecule has 0 spiro atoms. The lowest BCUT2D eigenvalue weighted by atomic mass is 10.2. The quantitative estimate of drug-likeness (QED) is 0.553. The first kappa shape index (κ1) is 18.0. The number of aromatic amines is 1. The summed E-state index contributed by atoms with van der Waals surface area (Å²) in [6.45, 7) is 0.0915. The summed E-state index contributed by atoms with van der Waals surface area (Å²) in [5.41, 5.74) is 0.857. The number of nitrogens with one attached hydrogen (secondary N) is 1. The predicted molar refractivity (Wildman–Crippen MR) is 107 cm³/mol. The number of rotatable bonds is 5. The third kappa shape index (κ3) is 3.75. The van der Waals surface area contributed by atoms with Gasteiger partial charge in [-0.15, -0.1) is 11.1 Å². The van der Waals surface area contributed by atoms with Crippen molar-refractivity contribution in [2.45, 2.75) is 0 Å². The third-order valence-corrected chi connectivity index (χ3v) is 3.92. The molecular formula is C20H18N4O3. The number of terminal acetylenes is 1. The average Bonchev–Trinajstić information content (AvgIpc) is 2.66. The minimum absolute atomic E-state index is 0.0915. The number of benzene rings is 2. The zero-order valence-electron chi connectivity index (χ0n) is 15.0. The van der Waals surface area contributed by atoms with Gasteiger partial charge in [0.2, 0.25) is 0 Å². The summed E-state index contributed by atoms with van der Waals surface area (Å²) >= 11 is 0. The van der Waals surface area contributed by atoms with Crippen LogP contribution >= 0.6 is 0 Å². The molecule has 27 heavy (non-hydrogen) atoms. The summed E-state index contributed by atoms with van der Waals surface area (Å²) in [6, 6.07) is 12.2. The summed E-state index contributed by atoms with van der Waals surface area (Å²) in [6.07, 6.45) is 6.67. The Hall–Kier alpha value is -3.79. The maximum absolute atomic E-state index is 12.5. The summed E-state index contributed by atoms with van der Waals surface area (Å²) < 4.78 is 6.35. The molecule has 0 fully saturated rings. The lowest BCUT2D eigenvalue weighted by Crippen LogP contribution is -2.32. The number of anilines is 1. The molecule has 0 aliphatic heterocycles. The fourth-order valence-corrected chi connectivity index (χ4v) is 2.53. The van der Waals surface area contributed by atoms with Crippen LogP contribution in [0, 0.1) is 12.3 Å². The Morgan fingerprint density at radius 3 is 2.78 bits per heavy atom. The zero-order chi connectivity index (χ0) is 19.4. The van der Waals surface area contributed by atoms with Crippen LogP contribution in [0.25, 0.3) is 10.9 Å². The zero-order valence-corrected chi connectivity index (χ0v) is 15.0. The molecule has 3 aromatic rings. The van der Waals surface area contributed by atoms with Gasteiger partial charge >= 0.3 is 5.69 Å². The minimum Gasteiger partial charge on any atom is -0.480 e. The van der Waals surface area contributed by atoms with Crippen molar-refractivity contribution in [1.82, 2.24) is 9.66 Å². The van der Waals surface area contributed by atoms with Gasteiger partial charge in [-0.25, -0.2) is 4.79 Å². The van der Waals surface area contributed by atoms with Crippen LogP contribution in [0.4, 0.5) is 5.69 Å². The molecule has 7 heteroatoms. The molecule has 2 aromatic carbocycles. The highest BCUT2D eigenvalue weighted by atomic mass is 16.5. The number of H-pyrrole nitrogens is 1. The van der Waals surface area contributed by atoms with E-state index in [1.54, 1.807) is 30.3 Å². The van der Waals surface area contributed by atoms with Crippen molar-refractivity contribution in [3.63, 3.8) is 0 Å². The van der Waals surface area contributed by atoms with Crippen LogP contribution in [0.15, 0.2) is 57.2 Å². The first-order valence-electron chi connectivity index (χ1n) is 8.17. The first-order valence-corrected chi connectivity index (χ1v) is 8.17. The van der Waals surface area contributed by atoms with Crippen molar-refractivity contribution in [2.24, 2.45) is 5.10 Å². The van der Waals surface area contributed by atoms with Crippen LogP contribution in [0.3, 0.4) is 0 Å². The van der Waals surface area contributed by atoms with E-state index < -0.39 is 11.2 Å². The fraction of sp³-hybridized carbons (Fsp3) is 0.150. The topological polar surface area (TPSA) is 79.7 Å². The second kappa shape index (κ2) is 7.62. The largest absolute Gasteiger partial charge is 0.480 e. The molecule has 0 atom stereocenters. The van der Waals surface area contributed by atoms with Crippen LogP contribution in [0.2, 0.25) is 0 Å². The Balaban J connectivity index is 2.06. The van der Waals surface area contributed by atoms with E-state index in [2.05, 4.69) is 16.0 Å². The van der Waals surface area contributed by atoms with Gasteiger partial charge in [0, 0.05) is 31.4 Å². The van der Waals surface area contributed by atoms with Gasteiger partial charge in [-0.3, -0.25) is 4.79 Å². The summed E-state index contributed by atoms with van der Waals surface area (Å²) in [7, 11) is 3.81. The highest BCUT2D eigenvalue weighted by Crippen LogP contribution is 2.23. The number of fused-ring (bicyclic) bond motifs is 1. The molecule has 0 aliphatic carbocycles. The Bertz CT molecular complexity index is 1170. The molecule has 0 saturated heterocycles. The number of hydrogen-bond acceptors (Lipinski definition) is 5. The highest BCUT2D eigenvalue weighted by molar-refractivity contribution is 5.85. The molecule has 1 N–H and O–H groups in total. The van der Waals surface area contributed by atoms with Crippen molar-refractivity contribution in [3.8, 4) is 18.1 Å². The van der Waals surface area contributed by atoms with Crippen LogP contribution in [0.1, 0.15) is 5.56 Å². The molecule has 0 saturated carbocycles. The normalized spacial score (nSPS) is 10.9. The van der Waals surface area contributed by atoms with Crippen LogP contribution in [0.5, 0.6) is 5.75 Å². The average molecular weight is 362 g/mol. The van der Waals surface area contributed by atoms with E-state index in [9.17, 15) is 9.59 Å². The smallest absolute Gasteiger partial charge is 0.349 e. The van der Waals surface area contributed by atoms with Crippen molar-refractivity contribution in [3.05, 3.63) is 68.9 Å². The number of para-hydroxylation sites is 1. The molecule has 136 valence electrons. The summed E-state index contributed by atoms with van der Waals surface area (Å²) in [5, 5.41) is 4.44. The number of hydrogen-bond donors (Lipinski definition) is 1. The van der Waals surface area contributed by atoms with Crippen molar-refractivity contribution in [1.29, 1.82) is 0 Å². The van der Waals surface area contributed by atoms with E-state index in [1.807, 2.05) is 31.1 Å². The van der Waals surface area contributed by atoms with E-state index >= 15 is 0 Å². The SMILES string of the molecule is C#CCOc1cc(N(C)C)ccc1C=Nn1c(=O)[nH]c2ccccc2c1=O. The van der Waals surface area contributed by atoms with E-state index in [0.29, 0.717) is 22.2 Å². The molecule has 0 unspecified atom stereocenters. The lowest BCUT2D eigenvalue weighted by molar-refractivity contribution is 0.370. The minimum atomic E-state index is -0.619. The fourth-order valence-electron chi connectivity index (χ4n) is 2.53. The van der Waals surface area contributed by atoms with Gasteiger partial charge in [0.05, 0.1) is 17.1 Å². The standard InChI is InChI=1S/C20H18N4O3/c1-4-11-27-18-12-15(23(2)3)10-9-14(18)13-21-24-19(25)16-7-5-6-8-17(16)22-20(24)26/h1,5-10,12-13H,11H2,2-3H3,(H,22,26). The van der Waals surface area contributed by atoms with E-state index in [4.69, 9.17) is 11.2 Å². The molecule has 1 heterocycles. The van der Waals surface area contributed by atoms with Gasteiger partial charge in [-0.2, -0.15) is 5.10 Å². The van der Waals surface area contributed by atoms with Gasteiger partial charge in [0.1, 0.15) is 12.4 Å². The van der Waals surface area contributed by atoms with Gasteiger partial charge in [-0.05, 0) is 24.3 Å². The first-order chi connectivity index (χ1) is 13.0. The second-order valence-corrected chi connectivity index (χ2v) is 5.95. The Labute approximate surface area is 155 Å². The van der Waals surface area contributed by atoms with Crippen LogP contribution in [-0.2, 0) is 0 Å². The van der Waals surface area contributed by atoms with Crippen LogP contribution < -0.4 is 20.9 Å². The second-order valence-electron chi connectivity index (χ2n) is 5.95. The Morgan fingerprint density at radius 1 is 1.26 bits per heavy atom. The maximum atomic E-state index is 12.5. The highest BCUT2D eigenvalue weighted by Gasteiger charge is 2.08. The third-order valence-electron chi connectivity index (χ3n) is 3.92. The molecule has 3 rings (SSSR count). The molecule has 0 aliphatic rings. The molecular weight excluding hydrogens is 344 g/mol. The van der Waals surface area contributed by atoms with Crippen molar-refractivity contribution >= 4 is 22.8 Å². The summed E-state index contributed by atoms with van der Waals surface area (Å²) in [5.74, 6) is 2.92. The molecule has 1 aromatic heterocycles. The van der Waals surface area contributed by atoms with Gasteiger partial charge in [-0.1, -0.05) is 18.1 Å². The Morgan fingerprint density at radius 2 is 2.04 bits per heavy atom. The van der Waals surface area contributed by atoms with Gasteiger partial charge in [0.15, 0.2) is 0 Å². The molecule has 0 radical (unpaired) electrons. The molecule has 0 amide bonds. The van der Waals surface area contributed by atoms with Crippen molar-refractivity contribution in [2.75, 3.05) is 25.6 Å². The number of aromatic nitrogens is 2. The maximum Gasteiger partial charge on any atom is 0.349 e. The van der Waals surface area contributed by atoms with E-state index in [-0.39, 0.29) is 6.61 Å². The van der Waals surface area contributed by atoms with Crippen LogP contribution in [-0.4, -0.2) is 36.6 Å². The van der Waals surface area contributed by atoms with E-state index in [1.165, 1.54) is 6.21 Å². The molecule has 7 nitrogen and oxygen atoms in total.